The molecule has 0 saturated carbocycles. The summed E-state index contributed by atoms with van der Waals surface area (Å²) in [4.78, 5) is 0. The first-order chi connectivity index (χ1) is 13.2. The van der Waals surface area contributed by atoms with Gasteiger partial charge in [0.15, 0.2) is 0 Å². The fourth-order valence-corrected chi connectivity index (χ4v) is 3.40. The number of nitriles is 1. The second-order valence-corrected chi connectivity index (χ2v) is 6.28. The third-order valence-electron chi connectivity index (χ3n) is 4.47. The predicted octanol–water partition coefficient (Wildman–Crippen LogP) is 5.41. The average molecular weight is 379 g/mol. The number of hydrogen-bond donors (Lipinski definition) is 0. The molecule has 150 valence electrons. The Bertz CT molecular complexity index is 954. The standard InChI is InChI=1S/C22H24N2O.C2H6.CH4/c1-4-13-24-21-14-16(3)7-6-8-19(21)20(15-23)22(24)17-9-11-18(12-10-17)25-5-2;1-2;/h7-12,14H,4-6,13H2,1-3H3;1-2H3;1H4. The zero-order chi connectivity index (χ0) is 19.8. The Morgan fingerprint density at radius 1 is 1.11 bits per heavy atom. The Morgan fingerprint density at radius 3 is 2.36 bits per heavy atom. The molecule has 1 heterocycles. The third-order valence-corrected chi connectivity index (χ3v) is 4.47. The maximum Gasteiger partial charge on any atom is 0.119 e. The van der Waals surface area contributed by atoms with E-state index in [-0.39, 0.29) is 7.43 Å². The summed E-state index contributed by atoms with van der Waals surface area (Å²) in [7, 11) is 0. The Morgan fingerprint density at radius 2 is 1.79 bits per heavy atom. The molecule has 0 spiro atoms. The van der Waals surface area contributed by atoms with Crippen molar-refractivity contribution in [3.63, 3.8) is 0 Å². The van der Waals surface area contributed by atoms with Crippen LogP contribution in [0.25, 0.3) is 23.4 Å². The van der Waals surface area contributed by atoms with E-state index in [1.165, 1.54) is 5.57 Å². The highest BCUT2D eigenvalue weighted by Gasteiger charge is 2.17. The molecule has 1 aliphatic carbocycles. The lowest BCUT2D eigenvalue weighted by atomic mass is 10.1. The van der Waals surface area contributed by atoms with Gasteiger partial charge < -0.3 is 9.30 Å². The quantitative estimate of drug-likeness (QED) is 0.698. The minimum Gasteiger partial charge on any atom is -0.494 e. The van der Waals surface area contributed by atoms with Gasteiger partial charge in [0.25, 0.3) is 0 Å². The van der Waals surface area contributed by atoms with Gasteiger partial charge in [-0.1, -0.05) is 45.9 Å². The molecule has 0 N–H and O–H groups in total. The van der Waals surface area contributed by atoms with Gasteiger partial charge in [-0.15, -0.1) is 0 Å². The smallest absolute Gasteiger partial charge is 0.119 e. The minimum atomic E-state index is 0. The highest BCUT2D eigenvalue weighted by atomic mass is 16.5. The molecule has 2 aromatic rings. The SMILES string of the molecule is C.CC.CCCn1c(-c2ccc(OCC)cc2)c(C#N)c2c1=CC(C)=CCC=2. The van der Waals surface area contributed by atoms with E-state index in [1.807, 2.05) is 32.9 Å². The first-order valence-electron chi connectivity index (χ1n) is 9.94. The Balaban J connectivity index is 0.00000127. The lowest BCUT2D eigenvalue weighted by molar-refractivity contribution is 0.340. The zero-order valence-electron chi connectivity index (χ0n) is 17.2. The molecule has 1 aliphatic rings. The van der Waals surface area contributed by atoms with E-state index >= 15 is 0 Å². The number of nitrogens with zero attached hydrogens (tertiary/aromatic N) is 2. The summed E-state index contributed by atoms with van der Waals surface area (Å²) in [5, 5.41) is 12.1. The molecule has 3 rings (SSSR count). The summed E-state index contributed by atoms with van der Waals surface area (Å²) < 4.78 is 7.85. The van der Waals surface area contributed by atoms with Gasteiger partial charge in [-0.25, -0.2) is 0 Å². The second-order valence-electron chi connectivity index (χ2n) is 6.28. The maximum absolute atomic E-state index is 9.87. The first-order valence-corrected chi connectivity index (χ1v) is 9.94. The van der Waals surface area contributed by atoms with Crippen molar-refractivity contribution < 1.29 is 4.74 Å². The predicted molar refractivity (Wildman–Crippen MR) is 121 cm³/mol. The van der Waals surface area contributed by atoms with E-state index < -0.39 is 0 Å². The molecule has 0 radical (unpaired) electrons. The van der Waals surface area contributed by atoms with Crippen LogP contribution in [0.4, 0.5) is 0 Å². The molecule has 0 amide bonds. The molecule has 0 unspecified atom stereocenters. The van der Waals surface area contributed by atoms with E-state index in [9.17, 15) is 5.26 Å². The van der Waals surface area contributed by atoms with Crippen LogP contribution in [-0.4, -0.2) is 11.2 Å². The van der Waals surface area contributed by atoms with Crippen molar-refractivity contribution in [3.8, 4) is 23.1 Å². The van der Waals surface area contributed by atoms with Crippen molar-refractivity contribution in [2.24, 2.45) is 0 Å². The monoisotopic (exact) mass is 378 g/mol. The summed E-state index contributed by atoms with van der Waals surface area (Å²) in [6, 6.07) is 10.5. The Hall–Kier alpha value is -2.73. The molecule has 0 fully saturated rings. The molecular formula is C25H34N2O. The van der Waals surface area contributed by atoms with Gasteiger partial charge in [0.05, 0.1) is 17.9 Å². The molecule has 3 heteroatoms. The van der Waals surface area contributed by atoms with Gasteiger partial charge in [0, 0.05) is 17.1 Å². The summed E-state index contributed by atoms with van der Waals surface area (Å²) >= 11 is 0. The van der Waals surface area contributed by atoms with Crippen LogP contribution >= 0.6 is 0 Å². The van der Waals surface area contributed by atoms with Crippen LogP contribution in [0.2, 0.25) is 0 Å². The van der Waals surface area contributed by atoms with Crippen LogP contribution in [0.5, 0.6) is 5.75 Å². The van der Waals surface area contributed by atoms with Gasteiger partial charge in [-0.2, -0.15) is 5.26 Å². The lowest BCUT2D eigenvalue weighted by Gasteiger charge is -2.11. The fraction of sp³-hybridized carbons (Fsp3) is 0.400. The highest BCUT2D eigenvalue weighted by Crippen LogP contribution is 2.24. The molecule has 28 heavy (non-hydrogen) atoms. The number of rotatable bonds is 5. The van der Waals surface area contributed by atoms with E-state index in [2.05, 4.69) is 54.8 Å². The Labute approximate surface area is 170 Å². The van der Waals surface area contributed by atoms with Crippen molar-refractivity contribution in [3.05, 3.63) is 52.0 Å². The van der Waals surface area contributed by atoms with Gasteiger partial charge in [0.2, 0.25) is 0 Å². The van der Waals surface area contributed by atoms with Gasteiger partial charge >= 0.3 is 0 Å². The number of allylic oxidation sites excluding steroid dienone is 2. The number of fused-ring (bicyclic) bond motifs is 1. The topological polar surface area (TPSA) is 38.0 Å². The van der Waals surface area contributed by atoms with Gasteiger partial charge in [0.1, 0.15) is 11.8 Å². The lowest BCUT2D eigenvalue weighted by Crippen LogP contribution is -2.30. The van der Waals surface area contributed by atoms with Crippen LogP contribution in [0.15, 0.2) is 35.9 Å². The molecule has 1 aromatic heterocycles. The number of benzene rings is 1. The number of ether oxygens (including phenoxy) is 1. The van der Waals surface area contributed by atoms with E-state index in [0.717, 1.165) is 52.5 Å². The molecular weight excluding hydrogens is 344 g/mol. The van der Waals surface area contributed by atoms with Gasteiger partial charge in [-0.3, -0.25) is 0 Å². The Kier molecular flexibility index (Phi) is 9.32. The summed E-state index contributed by atoms with van der Waals surface area (Å²) in [6.07, 6.45) is 8.46. The first kappa shape index (κ1) is 23.3. The molecule has 0 aliphatic heterocycles. The van der Waals surface area contributed by atoms with Crippen molar-refractivity contribution in [1.29, 1.82) is 5.26 Å². The molecule has 0 saturated heterocycles. The summed E-state index contributed by atoms with van der Waals surface area (Å²) in [5.74, 6) is 0.858. The minimum absolute atomic E-state index is 0. The number of hydrogen-bond acceptors (Lipinski definition) is 2. The fourth-order valence-electron chi connectivity index (χ4n) is 3.40. The van der Waals surface area contributed by atoms with Crippen LogP contribution in [0, 0.1) is 11.3 Å². The average Bonchev–Trinajstić information content (AvgIpc) is 2.84. The van der Waals surface area contributed by atoms with Gasteiger partial charge in [-0.05, 0) is 62.6 Å². The largest absolute Gasteiger partial charge is 0.494 e. The van der Waals surface area contributed by atoms with Crippen molar-refractivity contribution in [2.75, 3.05) is 6.61 Å². The number of aromatic nitrogens is 1. The maximum atomic E-state index is 9.87. The summed E-state index contributed by atoms with van der Waals surface area (Å²) in [6.45, 7) is 11.8. The molecule has 1 aromatic carbocycles. The van der Waals surface area contributed by atoms with Crippen LogP contribution in [0.3, 0.4) is 0 Å². The van der Waals surface area contributed by atoms with Crippen molar-refractivity contribution in [2.45, 2.75) is 61.4 Å². The molecule has 3 nitrogen and oxygen atoms in total. The highest BCUT2D eigenvalue weighted by molar-refractivity contribution is 5.71. The van der Waals surface area contributed by atoms with E-state index in [4.69, 9.17) is 4.74 Å². The zero-order valence-corrected chi connectivity index (χ0v) is 17.2. The van der Waals surface area contributed by atoms with E-state index in [1.54, 1.807) is 0 Å². The van der Waals surface area contributed by atoms with Crippen LogP contribution in [0.1, 0.15) is 60.5 Å². The second kappa shape index (κ2) is 11.2. The van der Waals surface area contributed by atoms with Crippen LogP contribution < -0.4 is 15.3 Å². The molecule has 0 atom stereocenters. The summed E-state index contributed by atoms with van der Waals surface area (Å²) in [5.41, 5.74) is 4.09. The normalized spacial score (nSPS) is 11.8. The van der Waals surface area contributed by atoms with Crippen LogP contribution in [-0.2, 0) is 6.54 Å². The van der Waals surface area contributed by atoms with Crippen molar-refractivity contribution in [1.82, 2.24) is 4.57 Å². The van der Waals surface area contributed by atoms with E-state index in [0.29, 0.717) is 6.61 Å². The molecule has 0 bridgehead atoms. The third kappa shape index (κ3) is 4.75. The van der Waals surface area contributed by atoms with Crippen molar-refractivity contribution >= 4 is 12.2 Å².